The van der Waals surface area contributed by atoms with Gasteiger partial charge in [0.25, 0.3) is 5.91 Å². The summed E-state index contributed by atoms with van der Waals surface area (Å²) in [6.07, 6.45) is 2.53. The van der Waals surface area contributed by atoms with Crippen LogP contribution in [0.3, 0.4) is 0 Å². The summed E-state index contributed by atoms with van der Waals surface area (Å²) in [5.74, 6) is -0.0469. The summed E-state index contributed by atoms with van der Waals surface area (Å²) in [6.45, 7) is 2.80. The molecule has 2 heterocycles. The van der Waals surface area contributed by atoms with Gasteiger partial charge in [0.15, 0.2) is 0 Å². The molecule has 4 rings (SSSR count). The molecule has 1 aliphatic carbocycles. The van der Waals surface area contributed by atoms with Gasteiger partial charge in [-0.15, -0.1) is 0 Å². The van der Waals surface area contributed by atoms with Crippen LogP contribution in [0.5, 0.6) is 0 Å². The molecular weight excluding hydrogens is 378 g/mol. The van der Waals surface area contributed by atoms with E-state index in [2.05, 4.69) is 44.0 Å². The highest BCUT2D eigenvalue weighted by atomic mass is 79.9. The molecule has 5 heteroatoms. The molecule has 0 unspecified atom stereocenters. The molecule has 130 valence electrons. The predicted octanol–water partition coefficient (Wildman–Crippen LogP) is 3.59. The highest BCUT2D eigenvalue weighted by Gasteiger charge is 2.48. The average molecular weight is 400 g/mol. The van der Waals surface area contributed by atoms with Gasteiger partial charge >= 0.3 is 0 Å². The quantitative estimate of drug-likeness (QED) is 0.790. The van der Waals surface area contributed by atoms with Crippen LogP contribution >= 0.6 is 15.9 Å². The molecule has 0 saturated heterocycles. The Morgan fingerprint density at radius 1 is 1.28 bits per heavy atom. The number of aromatic nitrogens is 1. The molecule has 1 aromatic carbocycles. The number of nitrogens with zero attached hydrogens (tertiary/aromatic N) is 3. The van der Waals surface area contributed by atoms with Gasteiger partial charge in [-0.25, -0.2) is 4.98 Å². The number of benzene rings is 1. The van der Waals surface area contributed by atoms with Crippen molar-refractivity contribution in [3.63, 3.8) is 0 Å². The van der Waals surface area contributed by atoms with E-state index >= 15 is 0 Å². The first-order valence-electron chi connectivity index (χ1n) is 8.66. The van der Waals surface area contributed by atoms with E-state index in [1.807, 2.05) is 12.1 Å². The third kappa shape index (κ3) is 3.23. The summed E-state index contributed by atoms with van der Waals surface area (Å²) in [5, 5.41) is 0. The van der Waals surface area contributed by atoms with E-state index in [0.29, 0.717) is 11.1 Å². The van der Waals surface area contributed by atoms with Gasteiger partial charge in [-0.1, -0.05) is 28.1 Å². The zero-order valence-corrected chi connectivity index (χ0v) is 16.2. The minimum Gasteiger partial charge on any atom is -0.343 e. The number of halogens is 1. The molecule has 1 amide bonds. The molecule has 1 aliphatic heterocycles. The van der Waals surface area contributed by atoms with Gasteiger partial charge in [0.05, 0.1) is 5.69 Å². The summed E-state index contributed by atoms with van der Waals surface area (Å²) in [7, 11) is 3.51. The van der Waals surface area contributed by atoms with Crippen molar-refractivity contribution in [3.05, 3.63) is 63.4 Å². The number of hydrogen-bond acceptors (Lipinski definition) is 3. The number of carbonyl (C=O) groups excluding carboxylic acids is 1. The van der Waals surface area contributed by atoms with Crippen LogP contribution in [0.1, 0.15) is 40.2 Å². The monoisotopic (exact) mass is 399 g/mol. The maximum absolute atomic E-state index is 12.1. The number of fused-ring (bicyclic) bond motifs is 2. The number of pyridine rings is 1. The van der Waals surface area contributed by atoms with E-state index in [9.17, 15) is 4.79 Å². The van der Waals surface area contributed by atoms with Crippen LogP contribution < -0.4 is 0 Å². The summed E-state index contributed by atoms with van der Waals surface area (Å²) in [4.78, 5) is 20.8. The molecule has 0 bridgehead atoms. The third-order valence-corrected chi connectivity index (χ3v) is 5.73. The zero-order chi connectivity index (χ0) is 17.6. The predicted molar refractivity (Wildman–Crippen MR) is 101 cm³/mol. The number of carbonyl (C=O) groups is 1. The number of amides is 1. The average Bonchev–Trinajstić information content (AvgIpc) is 3.35. The van der Waals surface area contributed by atoms with Crippen LogP contribution in [0.2, 0.25) is 0 Å². The minimum atomic E-state index is -0.0469. The van der Waals surface area contributed by atoms with Gasteiger partial charge in [0, 0.05) is 43.6 Å². The minimum absolute atomic E-state index is 0.0469. The highest BCUT2D eigenvalue weighted by Crippen LogP contribution is 2.53. The third-order valence-electron chi connectivity index (χ3n) is 5.23. The van der Waals surface area contributed by atoms with Crippen molar-refractivity contribution in [1.29, 1.82) is 0 Å². The molecule has 0 atom stereocenters. The smallest absolute Gasteiger partial charge is 0.271 e. The molecule has 1 saturated carbocycles. The topological polar surface area (TPSA) is 36.4 Å². The van der Waals surface area contributed by atoms with E-state index in [1.54, 1.807) is 25.1 Å². The Labute approximate surface area is 157 Å². The van der Waals surface area contributed by atoms with E-state index in [-0.39, 0.29) is 5.91 Å². The molecule has 25 heavy (non-hydrogen) atoms. The van der Waals surface area contributed by atoms with Crippen molar-refractivity contribution in [3.8, 4) is 0 Å². The zero-order valence-electron chi connectivity index (χ0n) is 14.6. The van der Waals surface area contributed by atoms with Crippen molar-refractivity contribution >= 4 is 21.8 Å². The van der Waals surface area contributed by atoms with Crippen LogP contribution in [-0.4, -0.2) is 41.3 Å². The van der Waals surface area contributed by atoms with E-state index < -0.39 is 0 Å². The number of hydrogen-bond donors (Lipinski definition) is 0. The lowest BCUT2D eigenvalue weighted by Gasteiger charge is -2.35. The molecule has 1 fully saturated rings. The van der Waals surface area contributed by atoms with E-state index in [0.717, 1.165) is 25.3 Å². The fraction of sp³-hybridized carbons (Fsp3) is 0.400. The lowest BCUT2D eigenvalue weighted by molar-refractivity contribution is 0.0821. The summed E-state index contributed by atoms with van der Waals surface area (Å²) >= 11 is 3.61. The van der Waals surface area contributed by atoms with Crippen LogP contribution in [0.15, 0.2) is 40.9 Å². The van der Waals surface area contributed by atoms with Crippen LogP contribution in [0.25, 0.3) is 0 Å². The Morgan fingerprint density at radius 3 is 2.80 bits per heavy atom. The molecule has 4 nitrogen and oxygen atoms in total. The first-order valence-corrected chi connectivity index (χ1v) is 9.45. The first kappa shape index (κ1) is 16.7. The lowest BCUT2D eigenvalue weighted by Crippen LogP contribution is -2.37. The van der Waals surface area contributed by atoms with E-state index in [1.165, 1.54) is 28.4 Å². The maximum atomic E-state index is 12.1. The molecule has 2 aliphatic rings. The largest absolute Gasteiger partial charge is 0.343 e. The molecule has 1 aromatic heterocycles. The summed E-state index contributed by atoms with van der Waals surface area (Å²) in [6, 6.07) is 12.4. The second-order valence-corrected chi connectivity index (χ2v) is 8.36. The Morgan fingerprint density at radius 2 is 2.08 bits per heavy atom. The van der Waals surface area contributed by atoms with Crippen molar-refractivity contribution < 1.29 is 4.79 Å². The van der Waals surface area contributed by atoms with Crippen LogP contribution in [0.4, 0.5) is 0 Å². The molecule has 0 N–H and O–H groups in total. The standard InChI is InChI=1S/C20H22BrN3O/c1-23(2)19(25)18-5-3-4-16(22-18)12-24-11-14-6-7-15(21)10-17(14)20(13-24)8-9-20/h3-7,10H,8-9,11-13H2,1-2H3. The van der Waals surface area contributed by atoms with Crippen molar-refractivity contribution in [2.24, 2.45) is 0 Å². The first-order chi connectivity index (χ1) is 12.0. The van der Waals surface area contributed by atoms with Crippen molar-refractivity contribution in [2.75, 3.05) is 20.6 Å². The molecular formula is C20H22BrN3O. The maximum Gasteiger partial charge on any atom is 0.271 e. The second kappa shape index (κ2) is 6.22. The Kier molecular flexibility index (Phi) is 4.16. The van der Waals surface area contributed by atoms with Gasteiger partial charge in [-0.05, 0) is 48.2 Å². The molecule has 1 spiro atoms. The van der Waals surface area contributed by atoms with Crippen LogP contribution in [0, 0.1) is 0 Å². The fourth-order valence-electron chi connectivity index (χ4n) is 3.83. The van der Waals surface area contributed by atoms with Gasteiger partial charge in [0.1, 0.15) is 5.69 Å². The molecule has 2 aromatic rings. The fourth-order valence-corrected chi connectivity index (χ4v) is 4.19. The lowest BCUT2D eigenvalue weighted by atomic mass is 9.87. The number of rotatable bonds is 3. The highest BCUT2D eigenvalue weighted by molar-refractivity contribution is 9.10. The summed E-state index contributed by atoms with van der Waals surface area (Å²) < 4.78 is 1.17. The Hall–Kier alpha value is -1.72. The Bertz CT molecular complexity index is 829. The normalized spacial score (nSPS) is 18.0. The van der Waals surface area contributed by atoms with Crippen molar-refractivity contribution in [2.45, 2.75) is 31.3 Å². The molecule has 0 radical (unpaired) electrons. The van der Waals surface area contributed by atoms with Crippen LogP contribution in [-0.2, 0) is 18.5 Å². The summed E-state index contributed by atoms with van der Waals surface area (Å²) in [5.41, 5.74) is 4.75. The SMILES string of the molecule is CN(C)C(=O)c1cccc(CN2Cc3ccc(Br)cc3C3(CC3)C2)n1. The van der Waals surface area contributed by atoms with Gasteiger partial charge < -0.3 is 4.90 Å². The van der Waals surface area contributed by atoms with E-state index in [4.69, 9.17) is 0 Å². The van der Waals surface area contributed by atoms with Gasteiger partial charge in [0.2, 0.25) is 0 Å². The second-order valence-electron chi connectivity index (χ2n) is 7.44. The van der Waals surface area contributed by atoms with Crippen molar-refractivity contribution in [1.82, 2.24) is 14.8 Å². The van der Waals surface area contributed by atoms with Gasteiger partial charge in [-0.2, -0.15) is 0 Å². The van der Waals surface area contributed by atoms with Gasteiger partial charge in [-0.3, -0.25) is 9.69 Å². The Balaban J connectivity index is 1.56.